The van der Waals surface area contributed by atoms with Gasteiger partial charge in [0, 0.05) is 11.6 Å². The molecule has 4 aromatic rings. The van der Waals surface area contributed by atoms with Crippen molar-refractivity contribution >= 4 is 11.8 Å². The molecule has 1 saturated carbocycles. The van der Waals surface area contributed by atoms with E-state index in [1.807, 2.05) is 31.2 Å². The summed E-state index contributed by atoms with van der Waals surface area (Å²) < 4.78 is 11.1. The maximum atomic E-state index is 13.6. The van der Waals surface area contributed by atoms with E-state index in [9.17, 15) is 9.59 Å². The van der Waals surface area contributed by atoms with Crippen molar-refractivity contribution in [1.29, 1.82) is 0 Å². The number of hydrogen-bond acceptors (Lipinski definition) is 7. The van der Waals surface area contributed by atoms with Gasteiger partial charge in [0.2, 0.25) is 11.7 Å². The minimum Gasteiger partial charge on any atom is -0.467 e. The molecule has 0 radical (unpaired) electrons. The highest BCUT2D eigenvalue weighted by molar-refractivity contribution is 5.88. The zero-order valence-corrected chi connectivity index (χ0v) is 20.0. The predicted octanol–water partition coefficient (Wildman–Crippen LogP) is 3.66. The lowest BCUT2D eigenvalue weighted by Gasteiger charge is -2.30. The summed E-state index contributed by atoms with van der Waals surface area (Å²) in [7, 11) is 0. The number of hydrogen-bond donors (Lipinski definition) is 1. The molecule has 5 rings (SSSR count). The van der Waals surface area contributed by atoms with Crippen molar-refractivity contribution in [3.8, 4) is 11.4 Å². The molecule has 1 fully saturated rings. The van der Waals surface area contributed by atoms with E-state index in [1.54, 1.807) is 24.3 Å². The fraction of sp³-hybridized carbons (Fsp3) is 0.346. The van der Waals surface area contributed by atoms with Gasteiger partial charge in [0.1, 0.15) is 18.1 Å². The van der Waals surface area contributed by atoms with E-state index >= 15 is 0 Å². The van der Waals surface area contributed by atoms with Crippen molar-refractivity contribution in [1.82, 2.24) is 30.4 Å². The Kier molecular flexibility index (Phi) is 6.92. The summed E-state index contributed by atoms with van der Waals surface area (Å²) in [6, 6.07) is 13.8. The van der Waals surface area contributed by atoms with E-state index in [0.717, 1.165) is 36.8 Å². The van der Waals surface area contributed by atoms with Crippen LogP contribution in [0.1, 0.15) is 48.8 Å². The van der Waals surface area contributed by atoms with Crippen LogP contribution >= 0.6 is 0 Å². The number of benzene rings is 1. The average molecular weight is 489 g/mol. The van der Waals surface area contributed by atoms with Crippen LogP contribution in [-0.4, -0.2) is 43.0 Å². The Labute approximate surface area is 208 Å². The van der Waals surface area contributed by atoms with Crippen molar-refractivity contribution in [2.45, 2.75) is 57.8 Å². The van der Waals surface area contributed by atoms with Gasteiger partial charge in [-0.05, 0) is 49.2 Å². The third-order valence-corrected chi connectivity index (χ3v) is 6.34. The molecule has 0 aliphatic heterocycles. The standard InChI is InChI=1S/C26H28N6O4/c1-18-10-12-19(13-11-18)25-28-30-32(29-25)17-23(33)31(16-21-8-4-14-35-21)24(22-9-5-15-36-22)26(34)27-20-6-2-3-7-20/h4-5,8-15,20,24H,2-3,6-7,16-17H2,1H3,(H,27,34)/t24-/m1/s1. The van der Waals surface area contributed by atoms with Crippen LogP contribution in [0, 0.1) is 6.92 Å². The van der Waals surface area contributed by atoms with E-state index in [0.29, 0.717) is 17.3 Å². The van der Waals surface area contributed by atoms with E-state index < -0.39 is 6.04 Å². The maximum absolute atomic E-state index is 13.6. The number of nitrogens with zero attached hydrogens (tertiary/aromatic N) is 5. The van der Waals surface area contributed by atoms with Gasteiger partial charge in [0.05, 0.1) is 19.1 Å². The summed E-state index contributed by atoms with van der Waals surface area (Å²) in [5, 5.41) is 15.6. The Hall–Kier alpha value is -4.21. The van der Waals surface area contributed by atoms with Gasteiger partial charge in [-0.25, -0.2) is 0 Å². The van der Waals surface area contributed by atoms with Crippen molar-refractivity contribution in [2.24, 2.45) is 0 Å². The molecule has 0 spiro atoms. The third kappa shape index (κ3) is 5.37. The van der Waals surface area contributed by atoms with Crippen LogP contribution in [0.5, 0.6) is 0 Å². The van der Waals surface area contributed by atoms with Gasteiger partial charge in [0.15, 0.2) is 6.04 Å². The molecule has 3 aromatic heterocycles. The number of furan rings is 2. The number of nitrogens with one attached hydrogen (secondary N) is 1. The van der Waals surface area contributed by atoms with Gasteiger partial charge in [0.25, 0.3) is 5.91 Å². The number of aromatic nitrogens is 4. The highest BCUT2D eigenvalue weighted by Crippen LogP contribution is 2.27. The first-order chi connectivity index (χ1) is 17.6. The lowest BCUT2D eigenvalue weighted by atomic mass is 10.1. The number of aryl methyl sites for hydroxylation is 1. The molecule has 2 amide bonds. The summed E-state index contributed by atoms with van der Waals surface area (Å²) >= 11 is 0. The molecule has 36 heavy (non-hydrogen) atoms. The monoisotopic (exact) mass is 488 g/mol. The second-order valence-electron chi connectivity index (χ2n) is 9.02. The quantitative estimate of drug-likeness (QED) is 0.382. The fourth-order valence-corrected chi connectivity index (χ4v) is 4.46. The fourth-order valence-electron chi connectivity index (χ4n) is 4.46. The van der Waals surface area contributed by atoms with E-state index in [1.165, 1.54) is 22.2 Å². The number of tetrazole rings is 1. The Bertz CT molecular complexity index is 1270. The predicted molar refractivity (Wildman–Crippen MR) is 129 cm³/mol. The maximum Gasteiger partial charge on any atom is 0.250 e. The van der Waals surface area contributed by atoms with Crippen molar-refractivity contribution in [3.63, 3.8) is 0 Å². The third-order valence-electron chi connectivity index (χ3n) is 6.34. The van der Waals surface area contributed by atoms with Crippen molar-refractivity contribution in [2.75, 3.05) is 0 Å². The van der Waals surface area contributed by atoms with Crippen LogP contribution < -0.4 is 5.32 Å². The van der Waals surface area contributed by atoms with Crippen LogP contribution in [0.2, 0.25) is 0 Å². The van der Waals surface area contributed by atoms with Crippen molar-refractivity contribution in [3.05, 3.63) is 78.1 Å². The lowest BCUT2D eigenvalue weighted by molar-refractivity contribution is -0.143. The molecule has 3 heterocycles. The van der Waals surface area contributed by atoms with Crippen LogP contribution in [0.3, 0.4) is 0 Å². The Balaban J connectivity index is 1.41. The molecule has 1 aromatic carbocycles. The van der Waals surface area contributed by atoms with Gasteiger partial charge in [-0.2, -0.15) is 4.80 Å². The largest absolute Gasteiger partial charge is 0.467 e. The van der Waals surface area contributed by atoms with E-state index in [4.69, 9.17) is 8.83 Å². The van der Waals surface area contributed by atoms with E-state index in [-0.39, 0.29) is 30.9 Å². The van der Waals surface area contributed by atoms with Gasteiger partial charge < -0.3 is 19.1 Å². The van der Waals surface area contributed by atoms with Crippen LogP contribution in [0.15, 0.2) is 69.9 Å². The highest BCUT2D eigenvalue weighted by atomic mass is 16.3. The molecule has 0 saturated heterocycles. The molecule has 0 unspecified atom stereocenters. The zero-order valence-electron chi connectivity index (χ0n) is 20.0. The second-order valence-corrected chi connectivity index (χ2v) is 9.02. The normalized spacial score (nSPS) is 14.6. The first-order valence-electron chi connectivity index (χ1n) is 12.1. The Morgan fingerprint density at radius 2 is 1.83 bits per heavy atom. The van der Waals surface area contributed by atoms with Crippen LogP contribution in [-0.2, 0) is 22.7 Å². The molecule has 0 bridgehead atoms. The summed E-state index contributed by atoms with van der Waals surface area (Å²) in [5.74, 6) is 0.672. The highest BCUT2D eigenvalue weighted by Gasteiger charge is 2.36. The van der Waals surface area contributed by atoms with Gasteiger partial charge >= 0.3 is 0 Å². The molecule has 1 atom stereocenters. The first kappa shape index (κ1) is 23.5. The topological polar surface area (TPSA) is 119 Å². The summed E-state index contributed by atoms with van der Waals surface area (Å²) in [6.45, 7) is 1.88. The Morgan fingerprint density at radius 3 is 2.53 bits per heavy atom. The number of carbonyl (C=O) groups excluding carboxylic acids is 2. The molecular weight excluding hydrogens is 460 g/mol. The first-order valence-corrected chi connectivity index (χ1v) is 12.1. The summed E-state index contributed by atoms with van der Waals surface area (Å²) in [5.41, 5.74) is 1.92. The molecule has 1 aliphatic carbocycles. The molecule has 10 nitrogen and oxygen atoms in total. The van der Waals surface area contributed by atoms with Gasteiger partial charge in [-0.3, -0.25) is 9.59 Å². The molecule has 186 valence electrons. The number of amides is 2. The SMILES string of the molecule is Cc1ccc(-c2nnn(CC(=O)N(Cc3ccco3)[C@@H](C(=O)NC3CCCC3)c3ccco3)n2)cc1. The minimum absolute atomic E-state index is 0.0782. The molecule has 1 aliphatic rings. The summed E-state index contributed by atoms with van der Waals surface area (Å²) in [4.78, 5) is 29.8. The Morgan fingerprint density at radius 1 is 1.08 bits per heavy atom. The average Bonchev–Trinajstić information content (AvgIpc) is 3.68. The minimum atomic E-state index is -0.974. The van der Waals surface area contributed by atoms with Gasteiger partial charge in [-0.1, -0.05) is 42.7 Å². The number of rotatable bonds is 9. The molecule has 10 heteroatoms. The number of carbonyl (C=O) groups is 2. The van der Waals surface area contributed by atoms with Gasteiger partial charge in [-0.15, -0.1) is 10.2 Å². The van der Waals surface area contributed by atoms with Crippen molar-refractivity contribution < 1.29 is 18.4 Å². The lowest BCUT2D eigenvalue weighted by Crippen LogP contribution is -2.46. The molecule has 1 N–H and O–H groups in total. The van der Waals surface area contributed by atoms with Crippen LogP contribution in [0.4, 0.5) is 0 Å². The zero-order chi connectivity index (χ0) is 24.9. The van der Waals surface area contributed by atoms with E-state index in [2.05, 4.69) is 20.7 Å². The smallest absolute Gasteiger partial charge is 0.250 e. The molecular formula is C26H28N6O4. The van der Waals surface area contributed by atoms with Crippen LogP contribution in [0.25, 0.3) is 11.4 Å². The summed E-state index contributed by atoms with van der Waals surface area (Å²) in [6.07, 6.45) is 7.03. The second kappa shape index (κ2) is 10.6.